The number of amides is 1. The lowest BCUT2D eigenvalue weighted by Crippen LogP contribution is -2.36. The Bertz CT molecular complexity index is 1560. The van der Waals surface area contributed by atoms with E-state index in [4.69, 9.17) is 9.47 Å². The molecular formula is C29H30N2O7S2. The van der Waals surface area contributed by atoms with Gasteiger partial charge in [0.25, 0.3) is 5.91 Å². The van der Waals surface area contributed by atoms with E-state index in [1.165, 1.54) is 39.9 Å². The van der Waals surface area contributed by atoms with Gasteiger partial charge in [-0.2, -0.15) is 4.31 Å². The van der Waals surface area contributed by atoms with Crippen LogP contribution in [0, 0.1) is 0 Å². The number of carbonyl (C=O) groups excluding carboxylic acids is 3. The number of nitrogens with one attached hydrogen (secondary N) is 1. The summed E-state index contributed by atoms with van der Waals surface area (Å²) in [5.41, 5.74) is 3.39. The molecule has 1 aromatic heterocycles. The third-order valence-electron chi connectivity index (χ3n) is 7.04. The number of carbonyl (C=O) groups is 3. The van der Waals surface area contributed by atoms with E-state index in [-0.39, 0.29) is 23.6 Å². The molecule has 0 radical (unpaired) electrons. The number of fused-ring (bicyclic) bond motifs is 2. The van der Waals surface area contributed by atoms with E-state index in [2.05, 4.69) is 5.32 Å². The van der Waals surface area contributed by atoms with E-state index in [0.29, 0.717) is 23.5 Å². The van der Waals surface area contributed by atoms with Crippen LogP contribution in [0.3, 0.4) is 0 Å². The third kappa shape index (κ3) is 5.81. The van der Waals surface area contributed by atoms with Crippen molar-refractivity contribution in [1.82, 2.24) is 4.31 Å². The van der Waals surface area contributed by atoms with Crippen molar-refractivity contribution >= 4 is 44.2 Å². The second-order valence-corrected chi connectivity index (χ2v) is 12.7. The zero-order valence-electron chi connectivity index (χ0n) is 22.1. The third-order valence-corrected chi connectivity index (χ3v) is 10.1. The van der Waals surface area contributed by atoms with Gasteiger partial charge in [0.05, 0.1) is 22.6 Å². The van der Waals surface area contributed by atoms with Gasteiger partial charge in [-0.15, -0.1) is 11.3 Å². The zero-order chi connectivity index (χ0) is 28.3. The average molecular weight is 583 g/mol. The van der Waals surface area contributed by atoms with E-state index in [9.17, 15) is 22.8 Å². The molecule has 1 aliphatic carbocycles. The Morgan fingerprint density at radius 3 is 2.52 bits per heavy atom. The van der Waals surface area contributed by atoms with Crippen LogP contribution in [-0.2, 0) is 50.1 Å². The molecule has 0 unspecified atom stereocenters. The molecule has 0 atom stereocenters. The predicted molar refractivity (Wildman–Crippen MR) is 150 cm³/mol. The van der Waals surface area contributed by atoms with E-state index in [0.717, 1.165) is 47.3 Å². The fourth-order valence-corrected chi connectivity index (χ4v) is 7.82. The minimum Gasteiger partial charge on any atom is -0.462 e. The van der Waals surface area contributed by atoms with Crippen LogP contribution in [-0.4, -0.2) is 50.3 Å². The van der Waals surface area contributed by atoms with Gasteiger partial charge < -0.3 is 14.8 Å². The van der Waals surface area contributed by atoms with Gasteiger partial charge in [0, 0.05) is 18.0 Å². The summed E-state index contributed by atoms with van der Waals surface area (Å²) in [4.78, 5) is 39.1. The van der Waals surface area contributed by atoms with Gasteiger partial charge in [-0.1, -0.05) is 30.3 Å². The number of benzene rings is 2. The number of aryl methyl sites for hydroxylation is 1. The van der Waals surface area contributed by atoms with Gasteiger partial charge in [0.2, 0.25) is 10.0 Å². The van der Waals surface area contributed by atoms with Gasteiger partial charge in [0.1, 0.15) is 5.00 Å². The zero-order valence-corrected chi connectivity index (χ0v) is 23.7. The Labute approximate surface area is 237 Å². The molecule has 2 aromatic carbocycles. The van der Waals surface area contributed by atoms with Crippen molar-refractivity contribution < 1.29 is 32.3 Å². The van der Waals surface area contributed by atoms with Crippen molar-refractivity contribution in [1.29, 1.82) is 0 Å². The van der Waals surface area contributed by atoms with Crippen LogP contribution in [0.25, 0.3) is 0 Å². The highest BCUT2D eigenvalue weighted by Crippen LogP contribution is 2.38. The van der Waals surface area contributed by atoms with Crippen LogP contribution < -0.4 is 5.32 Å². The highest BCUT2D eigenvalue weighted by Gasteiger charge is 2.30. The lowest BCUT2D eigenvalue weighted by atomic mass is 9.95. The molecule has 0 fully saturated rings. The van der Waals surface area contributed by atoms with Gasteiger partial charge >= 0.3 is 11.9 Å². The molecule has 5 rings (SSSR count). The molecule has 3 aromatic rings. The van der Waals surface area contributed by atoms with Crippen molar-refractivity contribution in [3.63, 3.8) is 0 Å². The van der Waals surface area contributed by atoms with Crippen LogP contribution in [0.2, 0.25) is 0 Å². The van der Waals surface area contributed by atoms with Crippen molar-refractivity contribution in [2.45, 2.75) is 50.5 Å². The first-order valence-electron chi connectivity index (χ1n) is 13.2. The van der Waals surface area contributed by atoms with Crippen LogP contribution in [0.1, 0.15) is 62.0 Å². The number of rotatable bonds is 8. The molecular weight excluding hydrogens is 552 g/mol. The number of esters is 2. The molecule has 1 N–H and O–H groups in total. The van der Waals surface area contributed by atoms with Crippen LogP contribution in [0.5, 0.6) is 0 Å². The van der Waals surface area contributed by atoms with Gasteiger partial charge in [0.15, 0.2) is 6.61 Å². The average Bonchev–Trinajstić information content (AvgIpc) is 3.33. The second kappa shape index (κ2) is 11.9. The fourth-order valence-electron chi connectivity index (χ4n) is 5.06. The largest absolute Gasteiger partial charge is 0.462 e. The SMILES string of the molecule is CCOC(=O)c1c(NC(=O)COC(=O)c2cccc(S(=O)(=O)N3CCc4ccccc4C3)c2)sc2c1CCCC2. The fraction of sp³-hybridized carbons (Fsp3) is 0.345. The van der Waals surface area contributed by atoms with Crippen molar-refractivity contribution in [3.8, 4) is 0 Å². The molecule has 2 heterocycles. The first-order chi connectivity index (χ1) is 19.3. The summed E-state index contributed by atoms with van der Waals surface area (Å²) < 4.78 is 38.5. The maximum absolute atomic E-state index is 13.3. The number of ether oxygens (including phenoxy) is 2. The van der Waals surface area contributed by atoms with Crippen molar-refractivity contribution in [2.24, 2.45) is 0 Å². The van der Waals surface area contributed by atoms with Gasteiger partial charge in [-0.25, -0.2) is 18.0 Å². The summed E-state index contributed by atoms with van der Waals surface area (Å²) in [7, 11) is -3.85. The predicted octanol–water partition coefficient (Wildman–Crippen LogP) is 4.35. The minimum atomic E-state index is -3.85. The summed E-state index contributed by atoms with van der Waals surface area (Å²) in [5.74, 6) is -1.91. The summed E-state index contributed by atoms with van der Waals surface area (Å²) in [6.07, 6.45) is 4.16. The number of thiophene rings is 1. The standard InChI is InChI=1S/C29H30N2O7S2/c1-2-37-29(34)26-23-12-5-6-13-24(23)39-27(26)30-25(32)18-38-28(33)20-10-7-11-22(16-20)40(35,36)31-15-14-19-8-3-4-9-21(19)17-31/h3-4,7-11,16H,2,5-6,12-15,17-18H2,1H3,(H,30,32). The molecule has 0 bridgehead atoms. The Morgan fingerprint density at radius 2 is 1.73 bits per heavy atom. The maximum Gasteiger partial charge on any atom is 0.341 e. The number of sulfonamides is 1. The minimum absolute atomic E-state index is 0.0186. The number of nitrogens with zero attached hydrogens (tertiary/aromatic N) is 1. The van der Waals surface area contributed by atoms with Crippen molar-refractivity contribution in [2.75, 3.05) is 25.1 Å². The molecule has 1 aliphatic heterocycles. The molecule has 0 spiro atoms. The summed E-state index contributed by atoms with van der Waals surface area (Å²) >= 11 is 1.34. The topological polar surface area (TPSA) is 119 Å². The maximum atomic E-state index is 13.3. The normalized spacial score (nSPS) is 15.0. The Balaban J connectivity index is 1.24. The van der Waals surface area contributed by atoms with E-state index in [1.54, 1.807) is 6.92 Å². The van der Waals surface area contributed by atoms with Crippen LogP contribution >= 0.6 is 11.3 Å². The van der Waals surface area contributed by atoms with Gasteiger partial charge in [-0.3, -0.25) is 4.79 Å². The van der Waals surface area contributed by atoms with E-state index in [1.807, 2.05) is 24.3 Å². The lowest BCUT2D eigenvalue weighted by molar-refractivity contribution is -0.119. The lowest BCUT2D eigenvalue weighted by Gasteiger charge is -2.28. The van der Waals surface area contributed by atoms with E-state index < -0.39 is 34.5 Å². The van der Waals surface area contributed by atoms with E-state index >= 15 is 0 Å². The smallest absolute Gasteiger partial charge is 0.341 e. The first kappa shape index (κ1) is 28.0. The molecule has 0 saturated carbocycles. The Kier molecular flexibility index (Phi) is 8.34. The second-order valence-electron chi connectivity index (χ2n) is 9.64. The summed E-state index contributed by atoms with van der Waals surface area (Å²) in [6.45, 7) is 1.94. The van der Waals surface area contributed by atoms with Gasteiger partial charge in [-0.05, 0) is 73.9 Å². The van der Waals surface area contributed by atoms with Crippen LogP contribution in [0.4, 0.5) is 5.00 Å². The molecule has 210 valence electrons. The molecule has 40 heavy (non-hydrogen) atoms. The van der Waals surface area contributed by atoms with Crippen molar-refractivity contribution in [3.05, 3.63) is 81.2 Å². The summed E-state index contributed by atoms with van der Waals surface area (Å²) in [6, 6.07) is 13.3. The molecule has 1 amide bonds. The Hall–Kier alpha value is -3.54. The monoisotopic (exact) mass is 582 g/mol. The van der Waals surface area contributed by atoms with Crippen LogP contribution in [0.15, 0.2) is 53.4 Å². The molecule has 11 heteroatoms. The quantitative estimate of drug-likeness (QED) is 0.392. The summed E-state index contributed by atoms with van der Waals surface area (Å²) in [5, 5.41) is 3.09. The highest BCUT2D eigenvalue weighted by atomic mass is 32.2. The first-order valence-corrected chi connectivity index (χ1v) is 15.5. The number of anilines is 1. The molecule has 2 aliphatic rings. The molecule has 9 nitrogen and oxygen atoms in total. The highest BCUT2D eigenvalue weighted by molar-refractivity contribution is 7.89. The number of hydrogen-bond donors (Lipinski definition) is 1. The number of hydrogen-bond acceptors (Lipinski definition) is 8. The molecule has 0 saturated heterocycles. The Morgan fingerprint density at radius 1 is 0.950 bits per heavy atom.